The van der Waals surface area contributed by atoms with Crippen LogP contribution < -0.4 is 4.90 Å². The highest BCUT2D eigenvalue weighted by Crippen LogP contribution is 2.31. The molecule has 0 N–H and O–H groups in total. The van der Waals surface area contributed by atoms with E-state index in [4.69, 9.17) is 21.9 Å². The molecule has 27 heavy (non-hydrogen) atoms. The molecular formula is C19H19N3O3S2. The molecule has 0 saturated carbocycles. The van der Waals surface area contributed by atoms with Gasteiger partial charge in [0, 0.05) is 31.3 Å². The molecule has 0 aliphatic heterocycles. The first-order valence-electron chi connectivity index (χ1n) is 8.50. The number of nitro groups is 1. The number of nitro benzene ring substituents is 1. The van der Waals surface area contributed by atoms with Crippen molar-refractivity contribution < 1.29 is 9.66 Å². The largest absolute Gasteiger partial charge is 0.475 e. The molecule has 6 nitrogen and oxygen atoms in total. The van der Waals surface area contributed by atoms with Gasteiger partial charge < -0.3 is 9.64 Å². The van der Waals surface area contributed by atoms with Crippen LogP contribution in [0.25, 0.3) is 10.2 Å². The second-order valence-electron chi connectivity index (χ2n) is 5.93. The molecule has 0 aliphatic carbocycles. The zero-order valence-electron chi connectivity index (χ0n) is 15.0. The zero-order valence-corrected chi connectivity index (χ0v) is 16.6. The van der Waals surface area contributed by atoms with Gasteiger partial charge in [-0.15, -0.1) is 11.3 Å². The van der Waals surface area contributed by atoms with Crippen molar-refractivity contribution in [2.45, 2.75) is 20.0 Å². The van der Waals surface area contributed by atoms with E-state index in [2.05, 4.69) is 0 Å². The van der Waals surface area contributed by atoms with Gasteiger partial charge in [0.05, 0.1) is 21.7 Å². The van der Waals surface area contributed by atoms with Crippen molar-refractivity contribution in [2.75, 3.05) is 18.0 Å². The molecule has 3 aromatic rings. The summed E-state index contributed by atoms with van der Waals surface area (Å²) < 4.78 is 6.99. The number of hydrogen-bond donors (Lipinski definition) is 0. The topological polar surface area (TPSA) is 68.5 Å². The zero-order chi connectivity index (χ0) is 19.4. The number of para-hydroxylation sites is 1. The van der Waals surface area contributed by atoms with Gasteiger partial charge in [-0.05, 0) is 37.3 Å². The summed E-state index contributed by atoms with van der Waals surface area (Å²) >= 11 is 6.73. The lowest BCUT2D eigenvalue weighted by Crippen LogP contribution is -2.30. The number of thiocarbonyl (C=S) groups is 1. The van der Waals surface area contributed by atoms with Crippen LogP contribution in [0.15, 0.2) is 48.5 Å². The summed E-state index contributed by atoms with van der Waals surface area (Å²) in [6, 6.07) is 14.5. The van der Waals surface area contributed by atoms with Crippen LogP contribution in [0.4, 0.5) is 11.4 Å². The van der Waals surface area contributed by atoms with E-state index in [-0.39, 0.29) is 16.7 Å². The number of ether oxygens (including phenoxy) is 1. The number of anilines is 1. The van der Waals surface area contributed by atoms with Crippen LogP contribution in [0.5, 0.6) is 0 Å². The van der Waals surface area contributed by atoms with Gasteiger partial charge in [-0.1, -0.05) is 18.2 Å². The molecule has 1 aromatic heterocycles. The fourth-order valence-electron chi connectivity index (χ4n) is 2.81. The first-order valence-corrected chi connectivity index (χ1v) is 9.72. The predicted octanol–water partition coefficient (Wildman–Crippen LogP) is 5.14. The monoisotopic (exact) mass is 401 g/mol. The maximum Gasteiger partial charge on any atom is 0.271 e. The average Bonchev–Trinajstić information content (AvgIpc) is 3.09. The van der Waals surface area contributed by atoms with Crippen molar-refractivity contribution in [3.63, 3.8) is 0 Å². The smallest absolute Gasteiger partial charge is 0.271 e. The fourth-order valence-corrected chi connectivity index (χ4v) is 3.92. The van der Waals surface area contributed by atoms with Crippen molar-refractivity contribution in [1.82, 2.24) is 4.98 Å². The summed E-state index contributed by atoms with van der Waals surface area (Å²) in [4.78, 5) is 17.4. The Morgan fingerprint density at radius 1 is 1.33 bits per heavy atom. The van der Waals surface area contributed by atoms with Gasteiger partial charge in [-0.25, -0.2) is 4.98 Å². The highest BCUT2D eigenvalue weighted by molar-refractivity contribution is 7.80. The molecule has 2 aromatic carbocycles. The minimum absolute atomic E-state index is 0.0643. The molecule has 1 atom stereocenters. The van der Waals surface area contributed by atoms with Crippen LogP contribution in [0, 0.1) is 10.1 Å². The molecule has 0 spiro atoms. The standard InChI is InChI=1S/C19H19N3O3S2/c1-3-21(14-7-6-8-15(11-14)22(23)24)12-17(25-13(2)26)19-20-16-9-4-5-10-18(16)27-19/h4-11,17H,3,12H2,1-2H3. The SMILES string of the molecule is CCN(CC(OC(C)=S)c1nc2ccccc2s1)c1cccc([N+](=O)[O-])c1. The lowest BCUT2D eigenvalue weighted by atomic mass is 10.2. The Labute approximate surface area is 166 Å². The van der Waals surface area contributed by atoms with E-state index in [1.165, 1.54) is 6.07 Å². The van der Waals surface area contributed by atoms with Gasteiger partial charge in [0.2, 0.25) is 0 Å². The van der Waals surface area contributed by atoms with Gasteiger partial charge >= 0.3 is 0 Å². The average molecular weight is 402 g/mol. The second kappa shape index (κ2) is 8.41. The van der Waals surface area contributed by atoms with E-state index >= 15 is 0 Å². The molecule has 140 valence electrons. The highest BCUT2D eigenvalue weighted by atomic mass is 32.1. The van der Waals surface area contributed by atoms with E-state index in [1.807, 2.05) is 42.2 Å². The van der Waals surface area contributed by atoms with E-state index in [1.54, 1.807) is 30.4 Å². The Hall–Kier alpha value is -2.58. The third-order valence-corrected chi connectivity index (χ3v) is 5.29. The number of rotatable bonds is 7. The van der Waals surface area contributed by atoms with Crippen molar-refractivity contribution in [3.8, 4) is 0 Å². The predicted molar refractivity (Wildman–Crippen MR) is 113 cm³/mol. The number of likely N-dealkylation sites (N-methyl/N-ethyl adjacent to an activating group) is 1. The number of benzene rings is 2. The Morgan fingerprint density at radius 2 is 2.11 bits per heavy atom. The Bertz CT molecular complexity index is 940. The van der Waals surface area contributed by atoms with Crippen LogP contribution in [0.3, 0.4) is 0 Å². The molecule has 1 unspecified atom stereocenters. The lowest BCUT2D eigenvalue weighted by Gasteiger charge is -2.27. The number of hydrogen-bond acceptors (Lipinski definition) is 7. The molecule has 3 rings (SSSR count). The van der Waals surface area contributed by atoms with Crippen molar-refractivity contribution in [2.24, 2.45) is 0 Å². The normalized spacial score (nSPS) is 11.9. The summed E-state index contributed by atoms with van der Waals surface area (Å²) in [6.45, 7) is 4.89. The van der Waals surface area contributed by atoms with Crippen molar-refractivity contribution in [3.05, 3.63) is 63.7 Å². The molecular weight excluding hydrogens is 382 g/mol. The van der Waals surface area contributed by atoms with Crippen LogP contribution >= 0.6 is 23.6 Å². The van der Waals surface area contributed by atoms with Crippen LogP contribution in [0.1, 0.15) is 25.0 Å². The summed E-state index contributed by atoms with van der Waals surface area (Å²) in [5, 5.41) is 12.4. The molecule has 0 amide bonds. The number of aromatic nitrogens is 1. The lowest BCUT2D eigenvalue weighted by molar-refractivity contribution is -0.384. The first kappa shape index (κ1) is 19.2. The van der Waals surface area contributed by atoms with E-state index < -0.39 is 0 Å². The first-order chi connectivity index (χ1) is 13.0. The number of fused-ring (bicyclic) bond motifs is 1. The fraction of sp³-hybridized carbons (Fsp3) is 0.263. The van der Waals surface area contributed by atoms with Gasteiger partial charge in [0.15, 0.2) is 11.2 Å². The van der Waals surface area contributed by atoms with E-state index in [9.17, 15) is 10.1 Å². The van der Waals surface area contributed by atoms with Gasteiger partial charge in [0.1, 0.15) is 5.01 Å². The molecule has 8 heteroatoms. The number of thiazole rings is 1. The van der Waals surface area contributed by atoms with E-state index in [0.29, 0.717) is 18.1 Å². The van der Waals surface area contributed by atoms with E-state index in [0.717, 1.165) is 20.9 Å². The maximum atomic E-state index is 11.1. The van der Waals surface area contributed by atoms with Crippen molar-refractivity contribution in [1.29, 1.82) is 0 Å². The quantitative estimate of drug-likeness (QED) is 0.310. The summed E-state index contributed by atoms with van der Waals surface area (Å²) in [6.07, 6.45) is -0.348. The van der Waals surface area contributed by atoms with Crippen LogP contribution in [-0.2, 0) is 4.74 Å². The maximum absolute atomic E-state index is 11.1. The molecule has 1 heterocycles. The molecule has 0 radical (unpaired) electrons. The number of non-ortho nitro benzene ring substituents is 1. The van der Waals surface area contributed by atoms with Gasteiger partial charge in [-0.3, -0.25) is 10.1 Å². The second-order valence-corrected chi connectivity index (χ2v) is 7.57. The summed E-state index contributed by atoms with van der Waals surface area (Å²) in [5.74, 6) is 0. The Balaban J connectivity index is 1.91. The molecule has 0 saturated heterocycles. The number of nitrogens with zero attached hydrogens (tertiary/aromatic N) is 3. The molecule has 0 aliphatic rings. The van der Waals surface area contributed by atoms with Gasteiger partial charge in [-0.2, -0.15) is 0 Å². The Morgan fingerprint density at radius 3 is 2.78 bits per heavy atom. The molecule has 0 bridgehead atoms. The summed E-state index contributed by atoms with van der Waals surface area (Å²) in [7, 11) is 0. The van der Waals surface area contributed by atoms with Crippen LogP contribution in [0.2, 0.25) is 0 Å². The third kappa shape index (κ3) is 4.58. The minimum atomic E-state index is -0.389. The third-order valence-electron chi connectivity index (χ3n) is 4.07. The van der Waals surface area contributed by atoms with Gasteiger partial charge in [0.25, 0.3) is 5.69 Å². The Kier molecular flexibility index (Phi) is 5.98. The summed E-state index contributed by atoms with van der Waals surface area (Å²) in [5.41, 5.74) is 1.75. The minimum Gasteiger partial charge on any atom is -0.475 e. The van der Waals surface area contributed by atoms with Crippen LogP contribution in [-0.4, -0.2) is 28.0 Å². The van der Waals surface area contributed by atoms with Crippen molar-refractivity contribution >= 4 is 50.2 Å². The highest BCUT2D eigenvalue weighted by Gasteiger charge is 2.22. The molecule has 0 fully saturated rings.